The SMILES string of the molecule is C=CCN(C(=O)c1cc(-c2c(F)cnc3c2CCN3)c[nH]1)C(C)c1ccccc1. The third-order valence-electron chi connectivity index (χ3n) is 5.34. The first-order valence-electron chi connectivity index (χ1n) is 9.67. The number of carbonyl (C=O) groups is 1. The van der Waals surface area contributed by atoms with E-state index in [-0.39, 0.29) is 17.8 Å². The highest BCUT2D eigenvalue weighted by Crippen LogP contribution is 2.34. The van der Waals surface area contributed by atoms with E-state index >= 15 is 0 Å². The fourth-order valence-corrected chi connectivity index (χ4v) is 3.82. The number of anilines is 1. The summed E-state index contributed by atoms with van der Waals surface area (Å²) in [6.07, 6.45) is 5.33. The molecule has 1 aromatic carbocycles. The molecule has 5 nitrogen and oxygen atoms in total. The van der Waals surface area contributed by atoms with Gasteiger partial charge in [0, 0.05) is 36.0 Å². The Kier molecular flexibility index (Phi) is 5.16. The second-order valence-electron chi connectivity index (χ2n) is 7.12. The first-order chi connectivity index (χ1) is 14.1. The summed E-state index contributed by atoms with van der Waals surface area (Å²) in [5.74, 6) is 0.171. The molecule has 3 heterocycles. The number of fused-ring (bicyclic) bond motifs is 1. The van der Waals surface area contributed by atoms with Crippen LogP contribution in [0.25, 0.3) is 11.1 Å². The first kappa shape index (κ1) is 18.9. The smallest absolute Gasteiger partial charge is 0.271 e. The van der Waals surface area contributed by atoms with Crippen molar-refractivity contribution in [3.05, 3.63) is 84.1 Å². The first-order valence-corrected chi connectivity index (χ1v) is 9.67. The van der Waals surface area contributed by atoms with Crippen LogP contribution in [0.3, 0.4) is 0 Å². The molecule has 4 rings (SSSR count). The molecule has 0 bridgehead atoms. The minimum Gasteiger partial charge on any atom is -0.369 e. The molecule has 2 N–H and O–H groups in total. The summed E-state index contributed by atoms with van der Waals surface area (Å²) in [6.45, 7) is 6.92. The number of aromatic amines is 1. The van der Waals surface area contributed by atoms with Crippen molar-refractivity contribution in [3.8, 4) is 11.1 Å². The number of nitrogens with one attached hydrogen (secondary N) is 2. The van der Waals surface area contributed by atoms with Gasteiger partial charge in [-0.1, -0.05) is 36.4 Å². The number of aromatic nitrogens is 2. The van der Waals surface area contributed by atoms with Gasteiger partial charge in [0.15, 0.2) is 0 Å². The summed E-state index contributed by atoms with van der Waals surface area (Å²) in [6, 6.07) is 11.4. The molecule has 6 heteroatoms. The fourth-order valence-electron chi connectivity index (χ4n) is 3.82. The Bertz CT molecular complexity index is 1040. The third kappa shape index (κ3) is 3.53. The Morgan fingerprint density at radius 3 is 2.93 bits per heavy atom. The number of benzene rings is 1. The van der Waals surface area contributed by atoms with E-state index < -0.39 is 0 Å². The average molecular weight is 390 g/mol. The van der Waals surface area contributed by atoms with Crippen molar-refractivity contribution >= 4 is 11.7 Å². The van der Waals surface area contributed by atoms with Crippen LogP contribution in [0.15, 0.2) is 61.4 Å². The molecule has 1 aliphatic heterocycles. The van der Waals surface area contributed by atoms with Gasteiger partial charge in [0.05, 0.1) is 12.2 Å². The van der Waals surface area contributed by atoms with Crippen LogP contribution < -0.4 is 5.32 Å². The molecule has 1 amide bonds. The van der Waals surface area contributed by atoms with Gasteiger partial charge in [-0.3, -0.25) is 4.79 Å². The van der Waals surface area contributed by atoms with Crippen LogP contribution in [0.1, 0.15) is 34.6 Å². The van der Waals surface area contributed by atoms with E-state index in [4.69, 9.17) is 0 Å². The summed E-state index contributed by atoms with van der Waals surface area (Å²) in [5.41, 5.74) is 3.46. The minimum atomic E-state index is -0.383. The second-order valence-corrected chi connectivity index (χ2v) is 7.12. The zero-order chi connectivity index (χ0) is 20.4. The maximum atomic E-state index is 14.6. The molecule has 2 aromatic heterocycles. The predicted octanol–water partition coefficient (Wildman–Crippen LogP) is 4.57. The van der Waals surface area contributed by atoms with Gasteiger partial charge in [-0.2, -0.15) is 0 Å². The quantitative estimate of drug-likeness (QED) is 0.606. The van der Waals surface area contributed by atoms with Crippen LogP contribution in [0.2, 0.25) is 0 Å². The molecular formula is C23H23FN4O. The summed E-state index contributed by atoms with van der Waals surface area (Å²) >= 11 is 0. The number of hydrogen-bond acceptors (Lipinski definition) is 3. The van der Waals surface area contributed by atoms with Gasteiger partial charge in [0.25, 0.3) is 5.91 Å². The Balaban J connectivity index is 1.66. The zero-order valence-corrected chi connectivity index (χ0v) is 16.3. The van der Waals surface area contributed by atoms with E-state index in [0.717, 1.165) is 17.7 Å². The van der Waals surface area contributed by atoms with Gasteiger partial charge in [0.2, 0.25) is 0 Å². The summed E-state index contributed by atoms with van der Waals surface area (Å²) < 4.78 is 14.6. The molecule has 1 aliphatic rings. The molecule has 0 radical (unpaired) electrons. The molecule has 1 atom stereocenters. The lowest BCUT2D eigenvalue weighted by atomic mass is 10.0. The zero-order valence-electron chi connectivity index (χ0n) is 16.3. The molecule has 0 saturated heterocycles. The van der Waals surface area contributed by atoms with Gasteiger partial charge < -0.3 is 15.2 Å². The molecule has 0 spiro atoms. The lowest BCUT2D eigenvalue weighted by Crippen LogP contribution is -2.34. The van der Waals surface area contributed by atoms with Gasteiger partial charge in [-0.25, -0.2) is 9.37 Å². The number of halogens is 1. The number of amides is 1. The number of rotatable bonds is 6. The van der Waals surface area contributed by atoms with Gasteiger partial charge in [-0.15, -0.1) is 6.58 Å². The average Bonchev–Trinajstić information content (AvgIpc) is 3.41. The van der Waals surface area contributed by atoms with Gasteiger partial charge >= 0.3 is 0 Å². The normalized spacial score (nSPS) is 13.4. The fraction of sp³-hybridized carbons (Fsp3) is 0.217. The molecule has 29 heavy (non-hydrogen) atoms. The van der Waals surface area contributed by atoms with Gasteiger partial charge in [0.1, 0.15) is 17.3 Å². The van der Waals surface area contributed by atoms with Crippen molar-refractivity contribution in [1.29, 1.82) is 0 Å². The topological polar surface area (TPSA) is 61.0 Å². The van der Waals surface area contributed by atoms with Crippen molar-refractivity contribution < 1.29 is 9.18 Å². The van der Waals surface area contributed by atoms with Gasteiger partial charge in [-0.05, 0) is 25.0 Å². The second kappa shape index (κ2) is 7.91. The predicted molar refractivity (Wildman–Crippen MR) is 112 cm³/mol. The number of nitrogens with zero attached hydrogens (tertiary/aromatic N) is 2. The van der Waals surface area contributed by atoms with Crippen molar-refractivity contribution in [3.63, 3.8) is 0 Å². The molecule has 1 unspecified atom stereocenters. The van der Waals surface area contributed by atoms with E-state index in [1.165, 1.54) is 6.20 Å². The van der Waals surface area contributed by atoms with Crippen molar-refractivity contribution in [2.75, 3.05) is 18.4 Å². The van der Waals surface area contributed by atoms with Crippen LogP contribution in [-0.4, -0.2) is 33.9 Å². The Morgan fingerprint density at radius 2 is 2.17 bits per heavy atom. The molecule has 0 fully saturated rings. The number of H-pyrrole nitrogens is 1. The summed E-state index contributed by atoms with van der Waals surface area (Å²) in [4.78, 5) is 22.1. The Hall–Kier alpha value is -3.41. The highest BCUT2D eigenvalue weighted by Gasteiger charge is 2.25. The van der Waals surface area contributed by atoms with Crippen LogP contribution in [-0.2, 0) is 6.42 Å². The standard InChI is InChI=1S/C23H23FN4O/c1-3-11-28(15(2)16-7-5-4-6-8-16)23(29)20-12-17(13-26-20)21-18-9-10-25-22(18)27-14-19(21)24/h3-8,12-15,26H,1,9-11H2,2H3,(H,25,27). The maximum absolute atomic E-state index is 14.6. The molecule has 0 saturated carbocycles. The number of carbonyl (C=O) groups excluding carboxylic acids is 1. The Labute approximate surface area is 169 Å². The van der Waals surface area contributed by atoms with Crippen molar-refractivity contribution in [2.24, 2.45) is 0 Å². The van der Waals surface area contributed by atoms with Crippen molar-refractivity contribution in [2.45, 2.75) is 19.4 Å². The van der Waals surface area contributed by atoms with E-state index in [0.29, 0.717) is 35.6 Å². The van der Waals surface area contributed by atoms with Crippen LogP contribution in [0, 0.1) is 5.82 Å². The minimum absolute atomic E-state index is 0.125. The van der Waals surface area contributed by atoms with E-state index in [2.05, 4.69) is 21.9 Å². The Morgan fingerprint density at radius 1 is 1.38 bits per heavy atom. The van der Waals surface area contributed by atoms with Crippen molar-refractivity contribution in [1.82, 2.24) is 14.9 Å². The monoisotopic (exact) mass is 390 g/mol. The molecular weight excluding hydrogens is 367 g/mol. The highest BCUT2D eigenvalue weighted by molar-refractivity contribution is 5.94. The van der Waals surface area contributed by atoms with E-state index in [9.17, 15) is 9.18 Å². The molecule has 0 aliphatic carbocycles. The van der Waals surface area contributed by atoms with Crippen LogP contribution in [0.4, 0.5) is 10.2 Å². The lowest BCUT2D eigenvalue weighted by Gasteiger charge is -2.28. The molecule has 148 valence electrons. The molecule has 3 aromatic rings. The van der Waals surface area contributed by atoms with E-state index in [1.54, 1.807) is 23.2 Å². The number of pyridine rings is 1. The number of hydrogen-bond donors (Lipinski definition) is 2. The summed E-state index contributed by atoms with van der Waals surface area (Å²) in [7, 11) is 0. The largest absolute Gasteiger partial charge is 0.369 e. The van der Waals surface area contributed by atoms with E-state index in [1.807, 2.05) is 37.3 Å². The maximum Gasteiger partial charge on any atom is 0.271 e. The highest BCUT2D eigenvalue weighted by atomic mass is 19.1. The lowest BCUT2D eigenvalue weighted by molar-refractivity contribution is 0.0709. The van der Waals surface area contributed by atoms with Crippen LogP contribution in [0.5, 0.6) is 0 Å². The van der Waals surface area contributed by atoms with Crippen LogP contribution >= 0.6 is 0 Å². The third-order valence-corrected chi connectivity index (χ3v) is 5.34. The summed E-state index contributed by atoms with van der Waals surface area (Å²) in [5, 5.41) is 3.16.